The van der Waals surface area contributed by atoms with Crippen molar-refractivity contribution < 1.29 is 13.9 Å². The van der Waals surface area contributed by atoms with Gasteiger partial charge in [-0.25, -0.2) is 4.39 Å². The van der Waals surface area contributed by atoms with Crippen LogP contribution in [0.2, 0.25) is 0 Å². The van der Waals surface area contributed by atoms with Crippen LogP contribution in [0.3, 0.4) is 0 Å². The van der Waals surface area contributed by atoms with Crippen LogP contribution in [-0.2, 0) is 18.3 Å². The number of morpholine rings is 1. The molecular formula is C23H25FN4O2. The molecule has 6 nitrogen and oxygen atoms in total. The number of aromatic nitrogens is 2. The van der Waals surface area contributed by atoms with Gasteiger partial charge in [-0.15, -0.1) is 0 Å². The number of para-hydroxylation sites is 1. The van der Waals surface area contributed by atoms with E-state index in [-0.39, 0.29) is 29.8 Å². The zero-order chi connectivity index (χ0) is 20.7. The third-order valence-corrected chi connectivity index (χ3v) is 6.26. The fourth-order valence-corrected chi connectivity index (χ4v) is 4.80. The van der Waals surface area contributed by atoms with Gasteiger partial charge in [-0.3, -0.25) is 14.4 Å². The quantitative estimate of drug-likeness (QED) is 0.721. The molecule has 0 spiro atoms. The molecule has 1 aromatic heterocycles. The Morgan fingerprint density at radius 2 is 1.83 bits per heavy atom. The number of aryl methyl sites for hydroxylation is 1. The molecule has 2 saturated heterocycles. The number of carbonyl (C=O) groups excluding carboxylic acids is 1. The Balaban J connectivity index is 1.29. The molecule has 0 aliphatic carbocycles. The molecule has 2 aliphatic rings. The molecule has 3 aromatic rings. The Morgan fingerprint density at radius 3 is 2.57 bits per heavy atom. The summed E-state index contributed by atoms with van der Waals surface area (Å²) in [6.45, 7) is 2.07. The molecule has 0 radical (unpaired) electrons. The number of rotatable bonds is 4. The van der Waals surface area contributed by atoms with Gasteiger partial charge in [0.25, 0.3) is 5.91 Å². The molecule has 0 saturated carbocycles. The first-order valence-corrected chi connectivity index (χ1v) is 10.4. The Kier molecular flexibility index (Phi) is 5.00. The molecule has 2 atom stereocenters. The number of hydrogen-bond acceptors (Lipinski definition) is 4. The summed E-state index contributed by atoms with van der Waals surface area (Å²) in [6.07, 6.45) is 1.66. The molecule has 1 amide bonds. The Labute approximate surface area is 174 Å². The summed E-state index contributed by atoms with van der Waals surface area (Å²) in [6, 6.07) is 15.0. The van der Waals surface area contributed by atoms with Gasteiger partial charge in [0.1, 0.15) is 5.82 Å². The predicted molar refractivity (Wildman–Crippen MR) is 112 cm³/mol. The van der Waals surface area contributed by atoms with Crippen molar-refractivity contribution in [3.63, 3.8) is 0 Å². The number of carbonyl (C=O) groups is 1. The van der Waals surface area contributed by atoms with Crippen molar-refractivity contribution in [1.82, 2.24) is 20.0 Å². The molecule has 2 fully saturated rings. The lowest BCUT2D eigenvalue weighted by atomic mass is 9.89. The smallest absolute Gasteiger partial charge is 0.272 e. The number of nitrogens with one attached hydrogen (secondary N) is 1. The van der Waals surface area contributed by atoms with Gasteiger partial charge in [0.2, 0.25) is 0 Å². The molecule has 7 heteroatoms. The van der Waals surface area contributed by atoms with Gasteiger partial charge >= 0.3 is 0 Å². The SMILES string of the molecule is Cn1nc(C(=O)NC2CC3COCC(C2)N3Cc2ccc(F)cc2)c2ccccc21. The molecule has 2 aliphatic heterocycles. The molecule has 3 heterocycles. The number of piperidine rings is 1. The highest BCUT2D eigenvalue weighted by Gasteiger charge is 2.39. The number of amides is 1. The number of halogens is 1. The minimum atomic E-state index is -0.217. The highest BCUT2D eigenvalue weighted by molar-refractivity contribution is 6.04. The van der Waals surface area contributed by atoms with E-state index in [0.717, 1.165) is 35.9 Å². The molecule has 2 unspecified atom stereocenters. The normalized spacial score (nSPS) is 24.1. The minimum Gasteiger partial charge on any atom is -0.378 e. The summed E-state index contributed by atoms with van der Waals surface area (Å²) in [4.78, 5) is 15.4. The van der Waals surface area contributed by atoms with E-state index in [9.17, 15) is 9.18 Å². The Hall–Kier alpha value is -2.77. The van der Waals surface area contributed by atoms with Crippen molar-refractivity contribution in [3.8, 4) is 0 Å². The second kappa shape index (κ2) is 7.81. The highest BCUT2D eigenvalue weighted by Crippen LogP contribution is 2.30. The van der Waals surface area contributed by atoms with E-state index in [4.69, 9.17) is 4.74 Å². The Bertz CT molecular complexity index is 1050. The molecule has 156 valence electrons. The van der Waals surface area contributed by atoms with Crippen molar-refractivity contribution in [2.75, 3.05) is 13.2 Å². The largest absolute Gasteiger partial charge is 0.378 e. The van der Waals surface area contributed by atoms with Gasteiger partial charge in [-0.2, -0.15) is 5.10 Å². The first kappa shape index (κ1) is 19.2. The number of ether oxygens (including phenoxy) is 1. The maximum atomic E-state index is 13.2. The second-order valence-electron chi connectivity index (χ2n) is 8.28. The topological polar surface area (TPSA) is 59.4 Å². The van der Waals surface area contributed by atoms with E-state index in [1.165, 1.54) is 12.1 Å². The van der Waals surface area contributed by atoms with Crippen molar-refractivity contribution in [3.05, 3.63) is 65.6 Å². The van der Waals surface area contributed by atoms with Crippen LogP contribution in [0.5, 0.6) is 0 Å². The van der Waals surface area contributed by atoms with Crippen molar-refractivity contribution in [2.45, 2.75) is 37.5 Å². The first-order chi connectivity index (χ1) is 14.6. The van der Waals surface area contributed by atoms with Gasteiger partial charge < -0.3 is 10.1 Å². The lowest BCUT2D eigenvalue weighted by Crippen LogP contribution is -2.60. The van der Waals surface area contributed by atoms with E-state index in [1.54, 1.807) is 4.68 Å². The van der Waals surface area contributed by atoms with Gasteiger partial charge in [0.05, 0.1) is 18.7 Å². The summed E-state index contributed by atoms with van der Waals surface area (Å²) in [5.74, 6) is -0.339. The monoisotopic (exact) mass is 408 g/mol. The second-order valence-corrected chi connectivity index (χ2v) is 8.28. The molecule has 30 heavy (non-hydrogen) atoms. The molecule has 2 aromatic carbocycles. The number of benzene rings is 2. The lowest BCUT2D eigenvalue weighted by Gasteiger charge is -2.48. The fraction of sp³-hybridized carbons (Fsp3) is 0.391. The van der Waals surface area contributed by atoms with Crippen molar-refractivity contribution >= 4 is 16.8 Å². The van der Waals surface area contributed by atoms with Gasteiger partial charge in [-0.1, -0.05) is 30.3 Å². The van der Waals surface area contributed by atoms with E-state index in [0.29, 0.717) is 18.9 Å². The van der Waals surface area contributed by atoms with Gasteiger partial charge in [-0.05, 0) is 36.6 Å². The zero-order valence-electron chi connectivity index (χ0n) is 16.9. The summed E-state index contributed by atoms with van der Waals surface area (Å²) >= 11 is 0. The van der Waals surface area contributed by atoms with E-state index in [2.05, 4.69) is 15.3 Å². The third-order valence-electron chi connectivity index (χ3n) is 6.26. The molecule has 5 rings (SSSR count). The average Bonchev–Trinajstić information content (AvgIpc) is 3.07. The van der Waals surface area contributed by atoms with Gasteiger partial charge in [0.15, 0.2) is 5.69 Å². The van der Waals surface area contributed by atoms with Crippen LogP contribution < -0.4 is 5.32 Å². The minimum absolute atomic E-state index is 0.0848. The number of fused-ring (bicyclic) bond motifs is 3. The standard InChI is InChI=1S/C23H25FN4O2/c1-27-21-5-3-2-4-20(21)22(26-27)23(29)25-17-10-18-13-30-14-19(11-17)28(18)12-15-6-8-16(24)9-7-15/h2-9,17-19H,10-14H2,1H3,(H,25,29). The lowest BCUT2D eigenvalue weighted by molar-refractivity contribution is -0.0843. The summed E-state index contributed by atoms with van der Waals surface area (Å²) in [5, 5.41) is 8.53. The summed E-state index contributed by atoms with van der Waals surface area (Å²) in [5.41, 5.74) is 2.51. The maximum Gasteiger partial charge on any atom is 0.272 e. The van der Waals surface area contributed by atoms with Gasteiger partial charge in [0, 0.05) is 37.1 Å². The van der Waals surface area contributed by atoms with E-state index < -0.39 is 0 Å². The van der Waals surface area contributed by atoms with Crippen LogP contribution in [0, 0.1) is 5.82 Å². The Morgan fingerprint density at radius 1 is 1.13 bits per heavy atom. The summed E-state index contributed by atoms with van der Waals surface area (Å²) < 4.78 is 20.8. The highest BCUT2D eigenvalue weighted by atomic mass is 19.1. The predicted octanol–water partition coefficient (Wildman–Crippen LogP) is 2.87. The zero-order valence-corrected chi connectivity index (χ0v) is 16.9. The van der Waals surface area contributed by atoms with E-state index in [1.807, 2.05) is 43.4 Å². The first-order valence-electron chi connectivity index (χ1n) is 10.4. The number of hydrogen-bond donors (Lipinski definition) is 1. The van der Waals surface area contributed by atoms with Crippen LogP contribution in [0.15, 0.2) is 48.5 Å². The van der Waals surface area contributed by atoms with Crippen molar-refractivity contribution in [1.29, 1.82) is 0 Å². The fourth-order valence-electron chi connectivity index (χ4n) is 4.80. The average molecular weight is 408 g/mol. The van der Waals surface area contributed by atoms with E-state index >= 15 is 0 Å². The van der Waals surface area contributed by atoms with Crippen LogP contribution in [0.4, 0.5) is 4.39 Å². The van der Waals surface area contributed by atoms with Crippen molar-refractivity contribution in [2.24, 2.45) is 7.05 Å². The maximum absolute atomic E-state index is 13.2. The third kappa shape index (κ3) is 3.59. The van der Waals surface area contributed by atoms with Crippen LogP contribution >= 0.6 is 0 Å². The number of nitrogens with zero attached hydrogens (tertiary/aromatic N) is 3. The van der Waals surface area contributed by atoms with Crippen LogP contribution in [-0.4, -0.2) is 51.9 Å². The molecular weight excluding hydrogens is 383 g/mol. The van der Waals surface area contributed by atoms with Crippen LogP contribution in [0.25, 0.3) is 10.9 Å². The summed E-state index contributed by atoms with van der Waals surface area (Å²) in [7, 11) is 1.86. The van der Waals surface area contributed by atoms with Crippen LogP contribution in [0.1, 0.15) is 28.9 Å². The molecule has 1 N–H and O–H groups in total. The molecule has 2 bridgehead atoms.